The average molecular weight is 331 g/mol. The molecule has 2 heterocycles. The molecule has 0 aromatic carbocycles. The molecule has 0 saturated heterocycles. The third kappa shape index (κ3) is 1.99. The Bertz CT molecular complexity index is 772. The van der Waals surface area contributed by atoms with Crippen LogP contribution in [0.1, 0.15) is 13.0 Å². The summed E-state index contributed by atoms with van der Waals surface area (Å²) >= 11 is 3.18. The van der Waals surface area contributed by atoms with Crippen LogP contribution in [-0.2, 0) is 16.6 Å². The van der Waals surface area contributed by atoms with Gasteiger partial charge in [-0.25, -0.2) is 14.6 Å². The molecule has 0 aliphatic heterocycles. The fourth-order valence-corrected chi connectivity index (χ4v) is 2.46. The molecule has 2 aromatic heterocycles. The van der Waals surface area contributed by atoms with Crippen LogP contribution in [0.5, 0.6) is 0 Å². The van der Waals surface area contributed by atoms with Gasteiger partial charge in [0.1, 0.15) is 6.04 Å². The number of carbonyl (C=O) groups is 1. The second-order valence-electron chi connectivity index (χ2n) is 3.94. The smallest absolute Gasteiger partial charge is 0.329 e. The van der Waals surface area contributed by atoms with E-state index >= 15 is 0 Å². The number of nitrogens with zero attached hydrogens (tertiary/aromatic N) is 3. The van der Waals surface area contributed by atoms with Gasteiger partial charge in [0.05, 0.1) is 7.11 Å². The van der Waals surface area contributed by atoms with Crippen LogP contribution in [-0.4, -0.2) is 32.2 Å². The van der Waals surface area contributed by atoms with E-state index < -0.39 is 23.3 Å². The van der Waals surface area contributed by atoms with Gasteiger partial charge >= 0.3 is 11.7 Å². The summed E-state index contributed by atoms with van der Waals surface area (Å²) in [5, 5.41) is 0. The number of H-pyrrole nitrogens is 1. The van der Waals surface area contributed by atoms with Crippen LogP contribution in [0, 0.1) is 0 Å². The quantitative estimate of drug-likeness (QED) is 0.613. The lowest BCUT2D eigenvalue weighted by Gasteiger charge is -2.12. The number of hydrogen-bond donors (Lipinski definition) is 1. The van der Waals surface area contributed by atoms with Crippen LogP contribution in [0.25, 0.3) is 11.2 Å². The highest BCUT2D eigenvalue weighted by atomic mass is 79.9. The van der Waals surface area contributed by atoms with E-state index in [2.05, 4.69) is 30.6 Å². The predicted octanol–water partition coefficient (Wildman–Crippen LogP) is -0.0802. The SMILES string of the molecule is COC(=O)C(C)n1c(Br)nc2c1c(=O)[nH]c(=O)n2C. The first kappa shape index (κ1) is 13.5. The Morgan fingerprint density at radius 1 is 1.47 bits per heavy atom. The minimum Gasteiger partial charge on any atom is -0.467 e. The summed E-state index contributed by atoms with van der Waals surface area (Å²) in [5.74, 6) is -0.520. The molecule has 1 unspecified atom stereocenters. The van der Waals surface area contributed by atoms with Crippen molar-refractivity contribution in [1.29, 1.82) is 0 Å². The minimum atomic E-state index is -0.747. The lowest BCUT2D eigenvalue weighted by atomic mass is 10.3. The number of aryl methyl sites for hydroxylation is 1. The van der Waals surface area contributed by atoms with Gasteiger partial charge in [0.2, 0.25) is 0 Å². The molecule has 0 saturated carbocycles. The van der Waals surface area contributed by atoms with Gasteiger partial charge in [0.15, 0.2) is 15.9 Å². The number of ether oxygens (including phenoxy) is 1. The zero-order chi connectivity index (χ0) is 14.3. The number of aromatic amines is 1. The lowest BCUT2D eigenvalue weighted by Crippen LogP contribution is -2.30. The van der Waals surface area contributed by atoms with Gasteiger partial charge in [-0.3, -0.25) is 18.9 Å². The number of nitrogens with one attached hydrogen (secondary N) is 1. The Morgan fingerprint density at radius 2 is 2.11 bits per heavy atom. The topological polar surface area (TPSA) is 99.0 Å². The molecule has 0 aliphatic carbocycles. The lowest BCUT2D eigenvalue weighted by molar-refractivity contribution is -0.143. The molecule has 0 radical (unpaired) electrons. The second-order valence-corrected chi connectivity index (χ2v) is 4.65. The first-order chi connectivity index (χ1) is 8.88. The monoisotopic (exact) mass is 330 g/mol. The molecule has 0 spiro atoms. The van der Waals surface area contributed by atoms with Crippen molar-refractivity contribution >= 4 is 33.1 Å². The Balaban J connectivity index is 2.87. The van der Waals surface area contributed by atoms with Crippen LogP contribution in [0.3, 0.4) is 0 Å². The largest absolute Gasteiger partial charge is 0.467 e. The molecule has 2 rings (SSSR count). The van der Waals surface area contributed by atoms with Crippen LogP contribution < -0.4 is 11.2 Å². The number of imidazole rings is 1. The summed E-state index contributed by atoms with van der Waals surface area (Å²) in [6.07, 6.45) is 0. The van der Waals surface area contributed by atoms with Crippen molar-refractivity contribution in [2.75, 3.05) is 7.11 Å². The number of aromatic nitrogens is 4. The number of methoxy groups -OCH3 is 1. The Labute approximate surface area is 115 Å². The van der Waals surface area contributed by atoms with Gasteiger partial charge in [-0.15, -0.1) is 0 Å². The summed E-state index contributed by atoms with van der Waals surface area (Å²) in [5.41, 5.74) is -0.851. The molecule has 1 atom stereocenters. The molecule has 8 nitrogen and oxygen atoms in total. The van der Waals surface area contributed by atoms with Crippen molar-refractivity contribution in [3.8, 4) is 0 Å². The number of esters is 1. The zero-order valence-electron chi connectivity index (χ0n) is 10.4. The highest BCUT2D eigenvalue weighted by molar-refractivity contribution is 9.10. The van der Waals surface area contributed by atoms with E-state index in [-0.39, 0.29) is 15.9 Å². The average Bonchev–Trinajstić information content (AvgIpc) is 2.72. The normalized spacial score (nSPS) is 12.6. The number of halogens is 1. The molecule has 2 aromatic rings. The summed E-state index contributed by atoms with van der Waals surface area (Å²) in [7, 11) is 2.74. The van der Waals surface area contributed by atoms with E-state index in [0.717, 1.165) is 0 Å². The molecule has 0 bridgehead atoms. The van der Waals surface area contributed by atoms with Crippen LogP contribution in [0.4, 0.5) is 0 Å². The van der Waals surface area contributed by atoms with Crippen molar-refractivity contribution in [3.05, 3.63) is 25.6 Å². The number of carbonyl (C=O) groups excluding carboxylic acids is 1. The van der Waals surface area contributed by atoms with Gasteiger partial charge in [-0.2, -0.15) is 0 Å². The first-order valence-electron chi connectivity index (χ1n) is 5.33. The predicted molar refractivity (Wildman–Crippen MR) is 70.0 cm³/mol. The van der Waals surface area contributed by atoms with E-state index in [1.807, 2.05) is 0 Å². The van der Waals surface area contributed by atoms with E-state index in [0.29, 0.717) is 0 Å². The van der Waals surface area contributed by atoms with Crippen molar-refractivity contribution < 1.29 is 9.53 Å². The molecular formula is C10H11BrN4O4. The van der Waals surface area contributed by atoms with Crippen molar-refractivity contribution in [2.24, 2.45) is 7.05 Å². The van der Waals surface area contributed by atoms with Crippen molar-refractivity contribution in [1.82, 2.24) is 19.1 Å². The highest BCUT2D eigenvalue weighted by Gasteiger charge is 2.24. The molecule has 1 N–H and O–H groups in total. The second kappa shape index (κ2) is 4.65. The van der Waals surface area contributed by atoms with E-state index in [4.69, 9.17) is 0 Å². The van der Waals surface area contributed by atoms with Crippen LogP contribution in [0.15, 0.2) is 14.3 Å². The Kier molecular flexibility index (Phi) is 3.31. The maximum Gasteiger partial charge on any atom is 0.329 e. The van der Waals surface area contributed by atoms with Gasteiger partial charge in [0.25, 0.3) is 5.56 Å². The number of hydrogen-bond acceptors (Lipinski definition) is 5. The maximum absolute atomic E-state index is 11.9. The molecule has 0 aliphatic rings. The molecule has 102 valence electrons. The number of fused-ring (bicyclic) bond motifs is 1. The fraction of sp³-hybridized carbons (Fsp3) is 0.400. The van der Waals surface area contributed by atoms with Gasteiger partial charge < -0.3 is 4.74 Å². The summed E-state index contributed by atoms with van der Waals surface area (Å²) in [6, 6.07) is -0.747. The van der Waals surface area contributed by atoms with Crippen molar-refractivity contribution in [2.45, 2.75) is 13.0 Å². The summed E-state index contributed by atoms with van der Waals surface area (Å²) in [4.78, 5) is 41.2. The van der Waals surface area contributed by atoms with Crippen LogP contribution in [0.2, 0.25) is 0 Å². The van der Waals surface area contributed by atoms with Gasteiger partial charge in [-0.1, -0.05) is 0 Å². The van der Waals surface area contributed by atoms with Gasteiger partial charge in [0, 0.05) is 7.05 Å². The molecule has 0 fully saturated rings. The van der Waals surface area contributed by atoms with Crippen LogP contribution >= 0.6 is 15.9 Å². The zero-order valence-corrected chi connectivity index (χ0v) is 12.0. The van der Waals surface area contributed by atoms with E-state index in [1.54, 1.807) is 6.92 Å². The Hall–Kier alpha value is -1.90. The third-order valence-corrected chi connectivity index (χ3v) is 3.40. The molecular weight excluding hydrogens is 320 g/mol. The van der Waals surface area contributed by atoms with Gasteiger partial charge in [-0.05, 0) is 22.9 Å². The molecule has 19 heavy (non-hydrogen) atoms. The number of rotatable bonds is 2. The minimum absolute atomic E-state index is 0.131. The van der Waals surface area contributed by atoms with E-state index in [9.17, 15) is 14.4 Å². The first-order valence-corrected chi connectivity index (χ1v) is 6.12. The van der Waals surface area contributed by atoms with Crippen molar-refractivity contribution in [3.63, 3.8) is 0 Å². The maximum atomic E-state index is 11.9. The Morgan fingerprint density at radius 3 is 2.68 bits per heavy atom. The third-order valence-electron chi connectivity index (χ3n) is 2.84. The highest BCUT2D eigenvalue weighted by Crippen LogP contribution is 2.22. The molecule has 9 heteroatoms. The summed E-state index contributed by atoms with van der Waals surface area (Å²) in [6.45, 7) is 1.57. The fourth-order valence-electron chi connectivity index (χ4n) is 1.80. The van der Waals surface area contributed by atoms with E-state index in [1.165, 1.54) is 23.3 Å². The summed E-state index contributed by atoms with van der Waals surface area (Å²) < 4.78 is 7.49. The standard InChI is InChI=1S/C10H11BrN4O4/c1-4(8(17)19-3)15-5-6(12-9(15)11)14(2)10(18)13-7(5)16/h4H,1-3H3,(H,13,16,18). The molecule has 0 amide bonds.